The largest absolute Gasteiger partial charge is 0.355 e. The number of anilines is 1. The topological polar surface area (TPSA) is 63.9 Å². The van der Waals surface area contributed by atoms with Crippen LogP contribution in [0.3, 0.4) is 0 Å². The van der Waals surface area contributed by atoms with E-state index in [4.69, 9.17) is 0 Å². The highest BCUT2D eigenvalue weighted by Crippen LogP contribution is 2.32. The first-order chi connectivity index (χ1) is 11.9. The fourth-order valence-corrected chi connectivity index (χ4v) is 3.70. The normalized spacial score (nSPS) is 17.5. The zero-order chi connectivity index (χ0) is 17.6. The molecule has 0 amide bonds. The van der Waals surface area contributed by atoms with Crippen molar-refractivity contribution >= 4 is 5.82 Å². The van der Waals surface area contributed by atoms with Crippen LogP contribution in [0.15, 0.2) is 23.3 Å². The molecule has 0 spiro atoms. The summed E-state index contributed by atoms with van der Waals surface area (Å²) in [6.45, 7) is 8.88. The van der Waals surface area contributed by atoms with Crippen molar-refractivity contribution in [3.8, 4) is 0 Å². The third-order valence-electron chi connectivity index (χ3n) is 5.18. The summed E-state index contributed by atoms with van der Waals surface area (Å²) in [4.78, 5) is 23.4. The number of fused-ring (bicyclic) bond motifs is 1. The maximum Gasteiger partial charge on any atom is 0.266 e. The molecule has 1 aliphatic heterocycles. The Hall–Kier alpha value is -2.24. The summed E-state index contributed by atoms with van der Waals surface area (Å²) in [5, 5.41) is 4.58. The van der Waals surface area contributed by atoms with Gasteiger partial charge in [-0.25, -0.2) is 14.6 Å². The van der Waals surface area contributed by atoms with E-state index in [0.717, 1.165) is 37.4 Å². The predicted octanol–water partition coefficient (Wildman–Crippen LogP) is 1.96. The number of aryl methyl sites for hydroxylation is 1. The van der Waals surface area contributed by atoms with Gasteiger partial charge in [0.25, 0.3) is 5.56 Å². The van der Waals surface area contributed by atoms with Gasteiger partial charge in [0.15, 0.2) is 0 Å². The molecule has 0 bridgehead atoms. The Morgan fingerprint density at radius 3 is 2.72 bits per heavy atom. The molecule has 132 valence electrons. The minimum absolute atomic E-state index is 0.0191. The molecule has 0 saturated carbocycles. The Balaban J connectivity index is 1.46. The van der Waals surface area contributed by atoms with E-state index < -0.39 is 0 Å². The SMILES string of the molecule is CC(C)(C)c1ccc(=O)n(CC2CN(c3ncnc4c3CCC4)C2)n1. The van der Waals surface area contributed by atoms with Crippen molar-refractivity contribution in [3.63, 3.8) is 0 Å². The molecule has 1 aliphatic carbocycles. The van der Waals surface area contributed by atoms with Crippen molar-refractivity contribution in [1.82, 2.24) is 19.7 Å². The van der Waals surface area contributed by atoms with Crippen LogP contribution in [0.25, 0.3) is 0 Å². The molecule has 1 saturated heterocycles. The Labute approximate surface area is 147 Å². The van der Waals surface area contributed by atoms with E-state index in [0.29, 0.717) is 12.5 Å². The number of hydrogen-bond donors (Lipinski definition) is 0. The van der Waals surface area contributed by atoms with Crippen LogP contribution in [0, 0.1) is 5.92 Å². The van der Waals surface area contributed by atoms with Gasteiger partial charge in [-0.1, -0.05) is 20.8 Å². The first-order valence-electron chi connectivity index (χ1n) is 9.08. The average molecular weight is 339 g/mol. The highest BCUT2D eigenvalue weighted by atomic mass is 16.1. The van der Waals surface area contributed by atoms with Gasteiger partial charge in [0.05, 0.1) is 12.2 Å². The molecule has 6 nitrogen and oxygen atoms in total. The fourth-order valence-electron chi connectivity index (χ4n) is 3.70. The second kappa shape index (κ2) is 5.93. The summed E-state index contributed by atoms with van der Waals surface area (Å²) in [6.07, 6.45) is 5.02. The quantitative estimate of drug-likeness (QED) is 0.855. The van der Waals surface area contributed by atoms with E-state index in [1.165, 1.54) is 17.7 Å². The molecule has 1 fully saturated rings. The van der Waals surface area contributed by atoms with Crippen LogP contribution in [0.1, 0.15) is 44.1 Å². The minimum Gasteiger partial charge on any atom is -0.355 e. The average Bonchev–Trinajstić information content (AvgIpc) is 2.99. The molecule has 0 radical (unpaired) electrons. The maximum atomic E-state index is 12.1. The molecule has 6 heteroatoms. The Bertz CT molecular complexity index is 846. The van der Waals surface area contributed by atoms with E-state index in [-0.39, 0.29) is 11.0 Å². The van der Waals surface area contributed by atoms with Gasteiger partial charge < -0.3 is 4.90 Å². The number of aromatic nitrogens is 4. The lowest BCUT2D eigenvalue weighted by atomic mass is 9.92. The van der Waals surface area contributed by atoms with Crippen LogP contribution in [-0.4, -0.2) is 32.8 Å². The first-order valence-corrected chi connectivity index (χ1v) is 9.08. The van der Waals surface area contributed by atoms with Crippen molar-refractivity contribution in [2.24, 2.45) is 5.92 Å². The third-order valence-corrected chi connectivity index (χ3v) is 5.18. The predicted molar refractivity (Wildman–Crippen MR) is 97.0 cm³/mol. The summed E-state index contributed by atoms with van der Waals surface area (Å²) in [5.41, 5.74) is 3.42. The van der Waals surface area contributed by atoms with Crippen molar-refractivity contribution in [1.29, 1.82) is 0 Å². The highest BCUT2D eigenvalue weighted by molar-refractivity contribution is 5.52. The van der Waals surface area contributed by atoms with Gasteiger partial charge in [0.1, 0.15) is 12.1 Å². The van der Waals surface area contributed by atoms with E-state index in [1.54, 1.807) is 17.1 Å². The van der Waals surface area contributed by atoms with Crippen molar-refractivity contribution in [2.75, 3.05) is 18.0 Å². The molecular weight excluding hydrogens is 314 g/mol. The van der Waals surface area contributed by atoms with Crippen LogP contribution in [-0.2, 0) is 24.8 Å². The van der Waals surface area contributed by atoms with Gasteiger partial charge in [-0.2, -0.15) is 5.10 Å². The summed E-state index contributed by atoms with van der Waals surface area (Å²) in [6, 6.07) is 3.48. The summed E-state index contributed by atoms with van der Waals surface area (Å²) in [5.74, 6) is 1.54. The van der Waals surface area contributed by atoms with Crippen molar-refractivity contribution in [3.05, 3.63) is 45.8 Å². The lowest BCUT2D eigenvalue weighted by molar-refractivity contribution is 0.327. The molecule has 2 aromatic rings. The third kappa shape index (κ3) is 3.05. The van der Waals surface area contributed by atoms with Crippen LogP contribution in [0.2, 0.25) is 0 Å². The lowest BCUT2D eigenvalue weighted by Crippen LogP contribution is -2.50. The van der Waals surface area contributed by atoms with Gasteiger partial charge in [0, 0.05) is 41.7 Å². The smallest absolute Gasteiger partial charge is 0.266 e. The molecule has 2 aliphatic rings. The molecule has 25 heavy (non-hydrogen) atoms. The molecule has 0 unspecified atom stereocenters. The molecule has 0 N–H and O–H groups in total. The Morgan fingerprint density at radius 2 is 1.96 bits per heavy atom. The highest BCUT2D eigenvalue weighted by Gasteiger charge is 2.32. The van der Waals surface area contributed by atoms with Gasteiger partial charge in [-0.05, 0) is 25.3 Å². The zero-order valence-corrected chi connectivity index (χ0v) is 15.2. The minimum atomic E-state index is -0.0530. The van der Waals surface area contributed by atoms with E-state index in [1.807, 2.05) is 6.07 Å². The maximum absolute atomic E-state index is 12.1. The fraction of sp³-hybridized carbons (Fsp3) is 0.579. The second-order valence-electron chi connectivity index (χ2n) is 8.24. The van der Waals surface area contributed by atoms with Crippen LogP contribution >= 0.6 is 0 Å². The summed E-state index contributed by atoms with van der Waals surface area (Å²) >= 11 is 0. The zero-order valence-electron chi connectivity index (χ0n) is 15.2. The lowest BCUT2D eigenvalue weighted by Gasteiger charge is -2.41. The Morgan fingerprint density at radius 1 is 1.16 bits per heavy atom. The Kier molecular flexibility index (Phi) is 3.85. The van der Waals surface area contributed by atoms with Gasteiger partial charge in [-0.3, -0.25) is 4.79 Å². The standard InChI is InChI=1S/C19H25N5O/c1-19(2,3)16-7-8-17(25)24(22-16)11-13-9-23(10-13)18-14-5-4-6-15(14)20-12-21-18/h7-8,12-13H,4-6,9-11H2,1-3H3. The molecule has 2 aromatic heterocycles. The van der Waals surface area contributed by atoms with Gasteiger partial charge in [-0.15, -0.1) is 0 Å². The van der Waals surface area contributed by atoms with Crippen LogP contribution < -0.4 is 10.5 Å². The second-order valence-corrected chi connectivity index (χ2v) is 8.24. The monoisotopic (exact) mass is 339 g/mol. The van der Waals surface area contributed by atoms with Crippen molar-refractivity contribution in [2.45, 2.75) is 52.0 Å². The van der Waals surface area contributed by atoms with Crippen molar-refractivity contribution < 1.29 is 0 Å². The first kappa shape index (κ1) is 16.2. The molecule has 4 rings (SSSR count). The van der Waals surface area contributed by atoms with Crippen LogP contribution in [0.4, 0.5) is 5.82 Å². The van der Waals surface area contributed by atoms with E-state index >= 15 is 0 Å². The van der Waals surface area contributed by atoms with Gasteiger partial charge in [0.2, 0.25) is 0 Å². The molecule has 0 aromatic carbocycles. The van der Waals surface area contributed by atoms with E-state index in [2.05, 4.69) is 40.7 Å². The summed E-state index contributed by atoms with van der Waals surface area (Å²) < 4.78 is 1.63. The van der Waals surface area contributed by atoms with E-state index in [9.17, 15) is 4.79 Å². The molecule has 3 heterocycles. The molecular formula is C19H25N5O. The summed E-state index contributed by atoms with van der Waals surface area (Å²) in [7, 11) is 0. The molecule has 0 atom stereocenters. The van der Waals surface area contributed by atoms with Gasteiger partial charge >= 0.3 is 0 Å². The number of nitrogens with zero attached hydrogens (tertiary/aromatic N) is 5. The number of hydrogen-bond acceptors (Lipinski definition) is 5. The number of rotatable bonds is 3. The van der Waals surface area contributed by atoms with Crippen LogP contribution in [0.5, 0.6) is 0 Å².